The fraction of sp³-hybridized carbons (Fsp3) is 0.250. The lowest BCUT2D eigenvalue weighted by Gasteiger charge is -2.14. The van der Waals surface area contributed by atoms with Crippen LogP contribution in [-0.4, -0.2) is 16.0 Å². The van der Waals surface area contributed by atoms with E-state index in [1.807, 2.05) is 6.07 Å². The monoisotopic (exact) mass is 443 g/mol. The Morgan fingerprint density at radius 1 is 0.935 bits per heavy atom. The number of carbonyl (C=O) groups excluding carboxylic acids is 1. The highest BCUT2D eigenvalue weighted by atomic mass is 19.4. The fourth-order valence-electron chi connectivity index (χ4n) is 2.71. The molecular weight excluding hydrogens is 428 g/mol. The van der Waals surface area contributed by atoms with Crippen LogP contribution >= 0.6 is 0 Å². The zero-order valence-corrected chi connectivity index (χ0v) is 15.7. The first-order chi connectivity index (χ1) is 14.5. The largest absolute Gasteiger partial charge is 0.416 e. The summed E-state index contributed by atoms with van der Waals surface area (Å²) in [5.41, 5.74) is -2.86. The lowest BCUT2D eigenvalue weighted by Crippen LogP contribution is -2.15. The van der Waals surface area contributed by atoms with E-state index in [-0.39, 0.29) is 31.2 Å². The molecule has 0 aliphatic carbocycles. The van der Waals surface area contributed by atoms with Crippen molar-refractivity contribution in [1.29, 1.82) is 0 Å². The van der Waals surface area contributed by atoms with E-state index in [1.54, 1.807) is 24.3 Å². The molecule has 0 aliphatic rings. The SMILES string of the molecule is O=C(CCCc1nc(-c2ccccc2)no1)Nc1cc(C(F)(F)F)cc(C(F)(F)F)c1. The smallest absolute Gasteiger partial charge is 0.339 e. The van der Waals surface area contributed by atoms with E-state index in [2.05, 4.69) is 15.5 Å². The van der Waals surface area contributed by atoms with Crippen LogP contribution in [0.1, 0.15) is 29.9 Å². The van der Waals surface area contributed by atoms with Gasteiger partial charge in [0.2, 0.25) is 17.6 Å². The van der Waals surface area contributed by atoms with E-state index in [1.165, 1.54) is 0 Å². The van der Waals surface area contributed by atoms with Crippen molar-refractivity contribution in [1.82, 2.24) is 10.1 Å². The maximum atomic E-state index is 12.9. The first-order valence-corrected chi connectivity index (χ1v) is 9.00. The average Bonchev–Trinajstić information content (AvgIpc) is 3.16. The van der Waals surface area contributed by atoms with E-state index < -0.39 is 35.1 Å². The average molecular weight is 443 g/mol. The van der Waals surface area contributed by atoms with Gasteiger partial charge in [-0.3, -0.25) is 4.79 Å². The number of benzene rings is 2. The van der Waals surface area contributed by atoms with Crippen molar-refractivity contribution in [2.75, 3.05) is 5.32 Å². The Kier molecular flexibility index (Phi) is 6.32. The van der Waals surface area contributed by atoms with Crippen molar-refractivity contribution in [3.8, 4) is 11.4 Å². The van der Waals surface area contributed by atoms with Crippen molar-refractivity contribution in [3.05, 3.63) is 65.5 Å². The van der Waals surface area contributed by atoms with Crippen LogP contribution in [0.2, 0.25) is 0 Å². The van der Waals surface area contributed by atoms with Crippen LogP contribution in [0.4, 0.5) is 32.0 Å². The molecule has 2 aromatic carbocycles. The first-order valence-electron chi connectivity index (χ1n) is 9.00. The highest BCUT2D eigenvalue weighted by Crippen LogP contribution is 2.37. The molecule has 1 aromatic heterocycles. The number of anilines is 1. The Hall–Kier alpha value is -3.37. The predicted octanol–water partition coefficient (Wildman–Crippen LogP) is 5.74. The molecular formula is C20H15F6N3O2. The minimum Gasteiger partial charge on any atom is -0.339 e. The summed E-state index contributed by atoms with van der Waals surface area (Å²) in [5.74, 6) is -0.121. The van der Waals surface area contributed by atoms with E-state index in [4.69, 9.17) is 4.52 Å². The van der Waals surface area contributed by atoms with Crippen molar-refractivity contribution < 1.29 is 35.7 Å². The van der Waals surface area contributed by atoms with Gasteiger partial charge >= 0.3 is 12.4 Å². The van der Waals surface area contributed by atoms with Crippen LogP contribution in [0.25, 0.3) is 11.4 Å². The summed E-state index contributed by atoms with van der Waals surface area (Å²) in [4.78, 5) is 16.2. The molecule has 1 amide bonds. The number of hydrogen-bond donors (Lipinski definition) is 1. The van der Waals surface area contributed by atoms with Crippen LogP contribution in [0, 0.1) is 0 Å². The van der Waals surface area contributed by atoms with Crippen LogP contribution in [0.5, 0.6) is 0 Å². The van der Waals surface area contributed by atoms with Gasteiger partial charge in [-0.25, -0.2) is 0 Å². The van der Waals surface area contributed by atoms with Crippen LogP contribution in [0.15, 0.2) is 53.1 Å². The number of carbonyl (C=O) groups is 1. The third kappa shape index (κ3) is 6.06. The minimum absolute atomic E-state index is 0.00441. The topological polar surface area (TPSA) is 68.0 Å². The van der Waals surface area contributed by atoms with E-state index in [0.717, 1.165) is 5.56 Å². The standard InChI is InChI=1S/C20H15F6N3O2/c21-19(22,23)13-9-14(20(24,25)26)11-15(10-13)27-16(30)7-4-8-17-28-18(29-31-17)12-5-2-1-3-6-12/h1-3,5-6,9-11H,4,7-8H2,(H,27,30). The Morgan fingerprint density at radius 3 is 2.13 bits per heavy atom. The maximum Gasteiger partial charge on any atom is 0.416 e. The number of alkyl halides is 6. The molecule has 0 spiro atoms. The minimum atomic E-state index is -4.99. The lowest BCUT2D eigenvalue weighted by molar-refractivity contribution is -0.143. The second-order valence-electron chi connectivity index (χ2n) is 6.57. The third-order valence-electron chi connectivity index (χ3n) is 4.17. The highest BCUT2D eigenvalue weighted by molar-refractivity contribution is 5.90. The van der Waals surface area contributed by atoms with Gasteiger partial charge in [0.05, 0.1) is 11.1 Å². The van der Waals surface area contributed by atoms with Crippen LogP contribution in [-0.2, 0) is 23.6 Å². The Bertz CT molecular complexity index is 1010. The Balaban J connectivity index is 1.60. The van der Waals surface area contributed by atoms with Crippen molar-refractivity contribution in [2.45, 2.75) is 31.6 Å². The Labute approximate surface area is 172 Å². The van der Waals surface area contributed by atoms with Crippen molar-refractivity contribution >= 4 is 11.6 Å². The van der Waals surface area contributed by atoms with E-state index >= 15 is 0 Å². The number of halogens is 6. The molecule has 0 saturated heterocycles. The van der Waals surface area contributed by atoms with Crippen LogP contribution in [0.3, 0.4) is 0 Å². The quantitative estimate of drug-likeness (QED) is 0.494. The van der Waals surface area contributed by atoms with Crippen molar-refractivity contribution in [2.24, 2.45) is 0 Å². The molecule has 0 bridgehead atoms. The van der Waals surface area contributed by atoms with E-state index in [9.17, 15) is 31.1 Å². The van der Waals surface area contributed by atoms with E-state index in [0.29, 0.717) is 18.0 Å². The van der Waals surface area contributed by atoms with Gasteiger partial charge in [0.25, 0.3) is 0 Å². The van der Waals surface area contributed by atoms with Crippen LogP contribution < -0.4 is 5.32 Å². The molecule has 0 unspecified atom stereocenters. The lowest BCUT2D eigenvalue weighted by atomic mass is 10.1. The molecule has 3 rings (SSSR count). The summed E-state index contributed by atoms with van der Waals surface area (Å²) in [5, 5.41) is 5.90. The molecule has 0 atom stereocenters. The maximum absolute atomic E-state index is 12.9. The highest BCUT2D eigenvalue weighted by Gasteiger charge is 2.37. The second kappa shape index (κ2) is 8.78. The van der Waals surface area contributed by atoms with Gasteiger partial charge in [0.15, 0.2) is 0 Å². The van der Waals surface area contributed by atoms with Gasteiger partial charge < -0.3 is 9.84 Å². The molecule has 1 N–H and O–H groups in total. The predicted molar refractivity (Wildman–Crippen MR) is 97.7 cm³/mol. The summed E-state index contributed by atoms with van der Waals surface area (Å²) >= 11 is 0. The van der Waals surface area contributed by atoms with Crippen molar-refractivity contribution in [3.63, 3.8) is 0 Å². The second-order valence-corrected chi connectivity index (χ2v) is 6.57. The third-order valence-corrected chi connectivity index (χ3v) is 4.17. The molecule has 31 heavy (non-hydrogen) atoms. The zero-order valence-electron chi connectivity index (χ0n) is 15.7. The number of aryl methyl sites for hydroxylation is 1. The number of rotatable bonds is 6. The van der Waals surface area contributed by atoms with Gasteiger partial charge in [0, 0.05) is 24.1 Å². The Morgan fingerprint density at radius 2 is 1.55 bits per heavy atom. The molecule has 3 aromatic rings. The zero-order chi connectivity index (χ0) is 22.6. The molecule has 11 heteroatoms. The number of nitrogens with one attached hydrogen (secondary N) is 1. The number of aromatic nitrogens is 2. The number of hydrogen-bond acceptors (Lipinski definition) is 4. The van der Waals surface area contributed by atoms with Gasteiger partial charge in [-0.15, -0.1) is 0 Å². The number of nitrogens with zero attached hydrogens (tertiary/aromatic N) is 2. The molecule has 5 nitrogen and oxygen atoms in total. The summed E-state index contributed by atoms with van der Waals surface area (Å²) in [7, 11) is 0. The molecule has 164 valence electrons. The van der Waals surface area contributed by atoms with Gasteiger partial charge in [-0.2, -0.15) is 31.3 Å². The first kappa shape index (κ1) is 22.3. The summed E-state index contributed by atoms with van der Waals surface area (Å²) < 4.78 is 82.4. The summed E-state index contributed by atoms with van der Waals surface area (Å²) in [6.45, 7) is 0. The molecule has 0 fully saturated rings. The normalized spacial score (nSPS) is 12.1. The molecule has 1 heterocycles. The summed E-state index contributed by atoms with van der Waals surface area (Å²) in [6.07, 6.45) is -9.73. The fourth-order valence-corrected chi connectivity index (χ4v) is 2.71. The summed E-state index contributed by atoms with van der Waals surface area (Å²) in [6, 6.07) is 9.90. The number of amides is 1. The molecule has 0 radical (unpaired) electrons. The van der Waals surface area contributed by atoms with Gasteiger partial charge in [-0.1, -0.05) is 35.5 Å². The van der Waals surface area contributed by atoms with Gasteiger partial charge in [-0.05, 0) is 24.6 Å². The molecule has 0 aliphatic heterocycles. The van der Waals surface area contributed by atoms with Gasteiger partial charge in [0.1, 0.15) is 0 Å². The molecule has 0 saturated carbocycles.